The zero-order chi connectivity index (χ0) is 33.3. The molecule has 1 atom stereocenters. The number of alkyl halides is 3. The SMILES string of the molecule is CCOC(=O)C1=C(C(F)(F)F)N=c2s/c(=C\c3cc(Br)c(OCc4cccc(Cl)c4)c([N+](=O)[O-])c3)c(=O)n2[C@@H]1c1ccc(Cl)cc1. The van der Waals surface area contributed by atoms with E-state index < -0.39 is 45.6 Å². The van der Waals surface area contributed by atoms with Crippen molar-refractivity contribution in [1.82, 2.24) is 4.57 Å². The quantitative estimate of drug-likeness (QED) is 0.110. The molecule has 0 unspecified atom stereocenters. The number of nitro benzene ring substituents is 1. The van der Waals surface area contributed by atoms with Crippen LogP contribution in [0.4, 0.5) is 18.9 Å². The number of rotatable bonds is 8. The van der Waals surface area contributed by atoms with E-state index >= 15 is 0 Å². The molecule has 0 saturated carbocycles. The highest BCUT2D eigenvalue weighted by Crippen LogP contribution is 2.39. The predicted molar refractivity (Wildman–Crippen MR) is 169 cm³/mol. The minimum atomic E-state index is -5.08. The van der Waals surface area contributed by atoms with Crippen LogP contribution in [0.1, 0.15) is 29.7 Å². The average molecular weight is 757 g/mol. The predicted octanol–water partition coefficient (Wildman–Crippen LogP) is 6.90. The van der Waals surface area contributed by atoms with Gasteiger partial charge in [0.05, 0.1) is 32.2 Å². The Hall–Kier alpha value is -3.98. The summed E-state index contributed by atoms with van der Waals surface area (Å²) < 4.78 is 54.7. The Balaban J connectivity index is 1.66. The van der Waals surface area contributed by atoms with Gasteiger partial charge in [-0.15, -0.1) is 0 Å². The summed E-state index contributed by atoms with van der Waals surface area (Å²) in [6.45, 7) is 1.17. The van der Waals surface area contributed by atoms with Crippen LogP contribution in [0.5, 0.6) is 5.75 Å². The van der Waals surface area contributed by atoms with Crippen LogP contribution in [0.15, 0.2) is 86.2 Å². The van der Waals surface area contributed by atoms with Crippen molar-refractivity contribution < 1.29 is 32.4 Å². The third-order valence-corrected chi connectivity index (χ3v) is 8.65. The summed E-state index contributed by atoms with van der Waals surface area (Å²) in [5.74, 6) is -1.37. The Morgan fingerprint density at radius 3 is 2.50 bits per heavy atom. The lowest BCUT2D eigenvalue weighted by Gasteiger charge is -2.26. The van der Waals surface area contributed by atoms with Gasteiger partial charge in [0.15, 0.2) is 10.5 Å². The topological polar surface area (TPSA) is 113 Å². The summed E-state index contributed by atoms with van der Waals surface area (Å²) in [5, 5.41) is 12.7. The third-order valence-electron chi connectivity index (χ3n) is 6.59. The van der Waals surface area contributed by atoms with Gasteiger partial charge in [-0.3, -0.25) is 19.5 Å². The van der Waals surface area contributed by atoms with Crippen LogP contribution >= 0.6 is 50.5 Å². The minimum Gasteiger partial charge on any atom is -0.481 e. The number of hydrogen-bond acceptors (Lipinski definition) is 8. The number of ether oxygens (including phenoxy) is 2. The van der Waals surface area contributed by atoms with Gasteiger partial charge in [-0.2, -0.15) is 13.2 Å². The Bertz CT molecular complexity index is 2080. The number of nitrogens with zero attached hydrogens (tertiary/aromatic N) is 3. The van der Waals surface area contributed by atoms with E-state index in [-0.39, 0.29) is 48.9 Å². The summed E-state index contributed by atoms with van der Waals surface area (Å²) in [6.07, 6.45) is -3.79. The summed E-state index contributed by atoms with van der Waals surface area (Å²) in [4.78, 5) is 41.5. The fraction of sp³-hybridized carbons (Fsp3) is 0.167. The standard InChI is InChI=1S/C30H19BrCl2F3N3O6S/c1-2-44-28(41)23-24(17-6-8-18(32)9-7-17)38-27(40)22(46-29(38)37-26(23)30(34,35)36)13-16-11-20(31)25(21(12-16)39(42)43)45-14-15-4-3-5-19(33)10-15/h3-13,24H,2,14H2,1H3/b22-13-/t24-/m1/s1. The van der Waals surface area contributed by atoms with E-state index in [2.05, 4.69) is 20.9 Å². The largest absolute Gasteiger partial charge is 0.481 e. The molecular formula is C30H19BrCl2F3N3O6S. The fourth-order valence-corrected chi connectivity index (χ4v) is 6.62. The molecule has 1 aromatic heterocycles. The highest BCUT2D eigenvalue weighted by molar-refractivity contribution is 9.10. The number of fused-ring (bicyclic) bond motifs is 1. The van der Waals surface area contributed by atoms with Gasteiger partial charge in [0, 0.05) is 16.1 Å². The number of halogens is 6. The van der Waals surface area contributed by atoms with E-state index in [1.807, 2.05) is 0 Å². The van der Waals surface area contributed by atoms with Crippen molar-refractivity contribution in [2.45, 2.75) is 25.7 Å². The van der Waals surface area contributed by atoms with Crippen LogP contribution in [0.25, 0.3) is 6.08 Å². The molecule has 5 rings (SSSR count). The average Bonchev–Trinajstić information content (AvgIpc) is 3.30. The maximum absolute atomic E-state index is 14.3. The second kappa shape index (κ2) is 13.4. The van der Waals surface area contributed by atoms with Crippen LogP contribution < -0.4 is 19.6 Å². The van der Waals surface area contributed by atoms with Crippen LogP contribution in [-0.4, -0.2) is 28.2 Å². The maximum Gasteiger partial charge on any atom is 0.434 e. The van der Waals surface area contributed by atoms with E-state index in [9.17, 15) is 32.9 Å². The summed E-state index contributed by atoms with van der Waals surface area (Å²) in [6, 6.07) is 13.4. The van der Waals surface area contributed by atoms with Gasteiger partial charge < -0.3 is 9.47 Å². The number of aromatic nitrogens is 1. The first-order valence-corrected chi connectivity index (χ1v) is 15.6. The normalized spacial score (nSPS) is 14.9. The highest BCUT2D eigenvalue weighted by Gasteiger charge is 2.45. The smallest absolute Gasteiger partial charge is 0.434 e. The van der Waals surface area contributed by atoms with Crippen molar-refractivity contribution in [2.24, 2.45) is 4.99 Å². The number of allylic oxidation sites excluding steroid dienone is 1. The molecule has 0 radical (unpaired) electrons. The van der Waals surface area contributed by atoms with E-state index in [4.69, 9.17) is 32.7 Å². The van der Waals surface area contributed by atoms with Gasteiger partial charge in [0.2, 0.25) is 5.75 Å². The molecule has 238 valence electrons. The fourth-order valence-electron chi connectivity index (χ4n) is 4.70. The molecule has 2 heterocycles. The van der Waals surface area contributed by atoms with E-state index in [0.29, 0.717) is 21.9 Å². The lowest BCUT2D eigenvalue weighted by atomic mass is 9.95. The van der Waals surface area contributed by atoms with Gasteiger partial charge in [-0.05, 0) is 76.0 Å². The van der Waals surface area contributed by atoms with Crippen LogP contribution in [0, 0.1) is 10.1 Å². The number of thiazole rings is 1. The van der Waals surface area contributed by atoms with Crippen LogP contribution in [0.3, 0.4) is 0 Å². The Kier molecular flexibility index (Phi) is 9.73. The summed E-state index contributed by atoms with van der Waals surface area (Å²) in [7, 11) is 0. The number of carbonyl (C=O) groups is 1. The first-order chi connectivity index (χ1) is 21.8. The number of nitro groups is 1. The second-order valence-corrected chi connectivity index (χ2v) is 12.4. The van der Waals surface area contributed by atoms with Crippen molar-refractivity contribution in [2.75, 3.05) is 6.61 Å². The van der Waals surface area contributed by atoms with Crippen molar-refractivity contribution in [3.8, 4) is 5.75 Å². The molecule has 1 aliphatic heterocycles. The molecule has 3 aromatic carbocycles. The first kappa shape index (κ1) is 33.4. The molecule has 0 spiro atoms. The van der Waals surface area contributed by atoms with E-state index in [0.717, 1.165) is 10.6 Å². The van der Waals surface area contributed by atoms with Gasteiger partial charge >= 0.3 is 17.8 Å². The number of hydrogen-bond donors (Lipinski definition) is 0. The molecule has 0 fully saturated rings. The number of esters is 1. The van der Waals surface area contributed by atoms with Crippen molar-refractivity contribution in [3.05, 3.63) is 133 Å². The number of carbonyl (C=O) groups excluding carboxylic acids is 1. The Morgan fingerprint density at radius 1 is 1.15 bits per heavy atom. The lowest BCUT2D eigenvalue weighted by Crippen LogP contribution is -2.41. The molecule has 0 aliphatic carbocycles. The Labute approximate surface area is 280 Å². The molecule has 0 N–H and O–H groups in total. The van der Waals surface area contributed by atoms with Gasteiger partial charge in [-0.1, -0.05) is 58.8 Å². The highest BCUT2D eigenvalue weighted by atomic mass is 79.9. The van der Waals surface area contributed by atoms with Gasteiger partial charge in [0.1, 0.15) is 6.61 Å². The molecule has 9 nitrogen and oxygen atoms in total. The van der Waals surface area contributed by atoms with Gasteiger partial charge in [0.25, 0.3) is 5.56 Å². The summed E-state index contributed by atoms with van der Waals surface area (Å²) >= 11 is 15.9. The monoisotopic (exact) mass is 755 g/mol. The second-order valence-electron chi connectivity index (χ2n) is 9.64. The summed E-state index contributed by atoms with van der Waals surface area (Å²) in [5.41, 5.74) is -2.60. The zero-order valence-corrected chi connectivity index (χ0v) is 27.2. The molecule has 0 bridgehead atoms. The first-order valence-electron chi connectivity index (χ1n) is 13.2. The number of benzene rings is 3. The Morgan fingerprint density at radius 2 is 1.87 bits per heavy atom. The third kappa shape index (κ3) is 6.89. The van der Waals surface area contributed by atoms with Crippen LogP contribution in [-0.2, 0) is 16.1 Å². The molecule has 16 heteroatoms. The molecule has 1 aliphatic rings. The molecule has 46 heavy (non-hydrogen) atoms. The molecule has 4 aromatic rings. The minimum absolute atomic E-state index is 0.0347. The van der Waals surface area contributed by atoms with Crippen LogP contribution in [0.2, 0.25) is 10.0 Å². The molecular weight excluding hydrogens is 738 g/mol. The molecule has 0 saturated heterocycles. The maximum atomic E-state index is 14.3. The van der Waals surface area contributed by atoms with Crippen molar-refractivity contribution in [1.29, 1.82) is 0 Å². The van der Waals surface area contributed by atoms with Crippen molar-refractivity contribution >= 4 is 68.2 Å². The zero-order valence-electron chi connectivity index (χ0n) is 23.3. The van der Waals surface area contributed by atoms with E-state index in [1.54, 1.807) is 24.3 Å². The van der Waals surface area contributed by atoms with E-state index in [1.165, 1.54) is 43.3 Å². The van der Waals surface area contributed by atoms with Gasteiger partial charge in [-0.25, -0.2) is 9.79 Å². The van der Waals surface area contributed by atoms with Crippen molar-refractivity contribution in [3.63, 3.8) is 0 Å². The molecule has 0 amide bonds. The lowest BCUT2D eigenvalue weighted by molar-refractivity contribution is -0.386.